The number of unbranched alkanes of at least 4 members (excludes halogenated alkanes) is 19. The normalized spacial score (nSPS) is 11.2. The fraction of sp³-hybridized carbons (Fsp3) is 0.800. The van der Waals surface area contributed by atoms with Gasteiger partial charge in [0, 0.05) is 6.42 Å². The molecule has 0 aliphatic rings. The molecule has 1 aromatic rings. The largest absolute Gasteiger partial charge is 0.507 e. The fourth-order valence-corrected chi connectivity index (χ4v) is 5.26. The van der Waals surface area contributed by atoms with Crippen molar-refractivity contribution in [1.29, 1.82) is 0 Å². The summed E-state index contributed by atoms with van der Waals surface area (Å²) < 4.78 is 5.69. The van der Waals surface area contributed by atoms with E-state index in [1.807, 2.05) is 12.1 Å². The molecular weight excluding hydrogens is 468 g/mol. The first kappa shape index (κ1) is 34.5. The second-order valence-corrected chi connectivity index (χ2v) is 11.5. The molecular formula is C35H62O3. The summed E-state index contributed by atoms with van der Waals surface area (Å²) in [4.78, 5) is 12.4. The Hall–Kier alpha value is -1.51. The Labute approximate surface area is 236 Å². The lowest BCUT2D eigenvalue weighted by Crippen LogP contribution is -2.08. The van der Waals surface area contributed by atoms with Gasteiger partial charge < -0.3 is 9.84 Å². The van der Waals surface area contributed by atoms with E-state index in [0.29, 0.717) is 17.9 Å². The first-order chi connectivity index (χ1) is 18.6. The maximum Gasteiger partial charge on any atom is 0.311 e. The molecule has 0 atom stereocenters. The highest BCUT2D eigenvalue weighted by Gasteiger charge is 2.13. The number of benzene rings is 1. The van der Waals surface area contributed by atoms with Gasteiger partial charge in [-0.15, -0.1) is 0 Å². The van der Waals surface area contributed by atoms with Crippen LogP contribution in [-0.4, -0.2) is 11.1 Å². The predicted octanol–water partition coefficient (Wildman–Crippen LogP) is 11.4. The first-order valence-corrected chi connectivity index (χ1v) is 16.7. The Morgan fingerprint density at radius 2 is 0.895 bits per heavy atom. The fourth-order valence-electron chi connectivity index (χ4n) is 5.26. The molecule has 0 heterocycles. The van der Waals surface area contributed by atoms with Crippen LogP contribution >= 0.6 is 0 Å². The smallest absolute Gasteiger partial charge is 0.311 e. The van der Waals surface area contributed by atoms with Crippen LogP contribution in [0.2, 0.25) is 0 Å². The number of aromatic hydroxyl groups is 1. The van der Waals surface area contributed by atoms with Crippen LogP contribution in [0, 0.1) is 0 Å². The van der Waals surface area contributed by atoms with E-state index in [9.17, 15) is 9.90 Å². The molecule has 0 aliphatic carbocycles. The number of hydrogen-bond acceptors (Lipinski definition) is 3. The van der Waals surface area contributed by atoms with Crippen molar-refractivity contribution in [3.05, 3.63) is 23.3 Å². The zero-order chi connectivity index (χ0) is 27.7. The van der Waals surface area contributed by atoms with Crippen molar-refractivity contribution in [1.82, 2.24) is 0 Å². The highest BCUT2D eigenvalue weighted by atomic mass is 16.5. The number of hydrogen-bond donors (Lipinski definition) is 1. The monoisotopic (exact) mass is 530 g/mol. The molecule has 0 saturated heterocycles. The van der Waals surface area contributed by atoms with Gasteiger partial charge in [-0.05, 0) is 55.4 Å². The molecule has 1 rings (SSSR count). The second kappa shape index (κ2) is 24.5. The Bertz CT molecular complexity index is 667. The molecule has 0 spiro atoms. The number of ether oxygens (including phenoxy) is 1. The summed E-state index contributed by atoms with van der Waals surface area (Å²) in [7, 11) is 0. The topological polar surface area (TPSA) is 46.5 Å². The number of carbonyl (C=O) groups is 1. The minimum atomic E-state index is -0.143. The van der Waals surface area contributed by atoms with Gasteiger partial charge in [0.15, 0.2) is 0 Å². The molecule has 3 nitrogen and oxygen atoms in total. The zero-order valence-electron chi connectivity index (χ0n) is 25.6. The molecule has 0 saturated carbocycles. The van der Waals surface area contributed by atoms with E-state index in [2.05, 4.69) is 20.8 Å². The van der Waals surface area contributed by atoms with Gasteiger partial charge >= 0.3 is 5.97 Å². The van der Waals surface area contributed by atoms with Crippen molar-refractivity contribution in [2.75, 3.05) is 0 Å². The van der Waals surface area contributed by atoms with E-state index in [1.165, 1.54) is 103 Å². The van der Waals surface area contributed by atoms with Gasteiger partial charge in [0.1, 0.15) is 11.5 Å². The van der Waals surface area contributed by atoms with Crippen LogP contribution < -0.4 is 4.74 Å². The van der Waals surface area contributed by atoms with E-state index < -0.39 is 0 Å². The molecule has 0 amide bonds. The minimum absolute atomic E-state index is 0.143. The van der Waals surface area contributed by atoms with E-state index in [4.69, 9.17) is 4.74 Å². The van der Waals surface area contributed by atoms with E-state index in [0.717, 1.165) is 62.5 Å². The average Bonchev–Trinajstić information content (AvgIpc) is 2.91. The third kappa shape index (κ3) is 17.9. The van der Waals surface area contributed by atoms with Crippen molar-refractivity contribution in [3.8, 4) is 11.5 Å². The quantitative estimate of drug-likeness (QED) is 0.0736. The summed E-state index contributed by atoms with van der Waals surface area (Å²) in [6.07, 6.45) is 30.6. The molecule has 0 radical (unpaired) electrons. The number of esters is 1. The number of carbonyl (C=O) groups excluding carboxylic acids is 1. The van der Waals surface area contributed by atoms with Gasteiger partial charge in [0.2, 0.25) is 0 Å². The molecule has 3 heteroatoms. The van der Waals surface area contributed by atoms with Crippen LogP contribution in [0.3, 0.4) is 0 Å². The Balaban J connectivity index is 2.07. The van der Waals surface area contributed by atoms with Crippen molar-refractivity contribution in [3.63, 3.8) is 0 Å². The van der Waals surface area contributed by atoms with Gasteiger partial charge in [-0.2, -0.15) is 0 Å². The Morgan fingerprint density at radius 1 is 0.553 bits per heavy atom. The summed E-state index contributed by atoms with van der Waals surface area (Å²) in [5.74, 6) is 0.859. The molecule has 0 bridgehead atoms. The van der Waals surface area contributed by atoms with Crippen molar-refractivity contribution in [2.45, 2.75) is 181 Å². The lowest BCUT2D eigenvalue weighted by Gasteiger charge is -2.13. The van der Waals surface area contributed by atoms with E-state index in [-0.39, 0.29) is 5.97 Å². The summed E-state index contributed by atoms with van der Waals surface area (Å²) >= 11 is 0. The van der Waals surface area contributed by atoms with Crippen LogP contribution in [0.1, 0.15) is 180 Å². The van der Waals surface area contributed by atoms with Crippen molar-refractivity contribution in [2.24, 2.45) is 0 Å². The molecule has 220 valence electrons. The molecule has 38 heavy (non-hydrogen) atoms. The molecule has 0 aliphatic heterocycles. The minimum Gasteiger partial charge on any atom is -0.507 e. The number of rotatable bonds is 26. The number of phenolic OH excluding ortho intramolecular Hbond substituents is 1. The molecule has 0 fully saturated rings. The number of phenols is 1. The van der Waals surface area contributed by atoms with Gasteiger partial charge in [0.25, 0.3) is 0 Å². The van der Waals surface area contributed by atoms with Crippen LogP contribution in [0.25, 0.3) is 0 Å². The Morgan fingerprint density at radius 3 is 1.26 bits per heavy atom. The third-order valence-corrected chi connectivity index (χ3v) is 7.81. The molecule has 1 aromatic carbocycles. The van der Waals surface area contributed by atoms with Gasteiger partial charge in [-0.25, -0.2) is 0 Å². The zero-order valence-corrected chi connectivity index (χ0v) is 25.6. The molecule has 0 unspecified atom stereocenters. The Kier molecular flexibility index (Phi) is 22.3. The standard InChI is InChI=1S/C35H62O3/c1-4-7-10-11-12-13-14-15-16-17-18-19-20-21-22-23-24-25-28-34(36)38-33-29-31(26-8-5-2)35(37)32(30-33)27-9-6-3/h29-30,37H,4-28H2,1-3H3. The van der Waals surface area contributed by atoms with E-state index in [1.54, 1.807) is 0 Å². The van der Waals surface area contributed by atoms with Crippen LogP contribution in [0.15, 0.2) is 12.1 Å². The summed E-state index contributed by atoms with van der Waals surface area (Å²) in [6.45, 7) is 6.59. The van der Waals surface area contributed by atoms with Crippen molar-refractivity contribution < 1.29 is 14.6 Å². The maximum absolute atomic E-state index is 12.4. The lowest BCUT2D eigenvalue weighted by molar-refractivity contribution is -0.134. The second-order valence-electron chi connectivity index (χ2n) is 11.5. The predicted molar refractivity (Wildman–Crippen MR) is 164 cm³/mol. The van der Waals surface area contributed by atoms with Crippen LogP contribution in [0.4, 0.5) is 0 Å². The van der Waals surface area contributed by atoms with Crippen LogP contribution in [0.5, 0.6) is 11.5 Å². The summed E-state index contributed by atoms with van der Waals surface area (Å²) in [5.41, 5.74) is 1.83. The highest BCUT2D eigenvalue weighted by Crippen LogP contribution is 2.31. The van der Waals surface area contributed by atoms with Gasteiger partial charge in [-0.3, -0.25) is 4.79 Å². The average molecular weight is 531 g/mol. The van der Waals surface area contributed by atoms with E-state index >= 15 is 0 Å². The van der Waals surface area contributed by atoms with Gasteiger partial charge in [-0.1, -0.05) is 143 Å². The van der Waals surface area contributed by atoms with Crippen LogP contribution in [-0.2, 0) is 17.6 Å². The molecule has 0 aromatic heterocycles. The van der Waals surface area contributed by atoms with Gasteiger partial charge in [0.05, 0.1) is 0 Å². The first-order valence-electron chi connectivity index (χ1n) is 16.7. The maximum atomic E-state index is 12.4. The highest BCUT2D eigenvalue weighted by molar-refractivity contribution is 5.72. The third-order valence-electron chi connectivity index (χ3n) is 7.81. The van der Waals surface area contributed by atoms with Crippen molar-refractivity contribution >= 4 is 5.97 Å². The lowest BCUT2D eigenvalue weighted by atomic mass is 9.99. The number of aryl methyl sites for hydroxylation is 2. The summed E-state index contributed by atoms with van der Waals surface area (Å²) in [5, 5.41) is 10.6. The summed E-state index contributed by atoms with van der Waals surface area (Å²) in [6, 6.07) is 3.74. The SMILES string of the molecule is CCCCCCCCCCCCCCCCCCCCC(=O)Oc1cc(CCCC)c(O)c(CCCC)c1. The molecule has 1 N–H and O–H groups in total.